The van der Waals surface area contributed by atoms with E-state index < -0.39 is 0 Å². The molecule has 156 valence electrons. The van der Waals surface area contributed by atoms with E-state index in [4.69, 9.17) is 10.5 Å². The van der Waals surface area contributed by atoms with Crippen LogP contribution >= 0.6 is 28.7 Å². The van der Waals surface area contributed by atoms with Gasteiger partial charge >= 0.3 is 0 Å². The fourth-order valence-corrected chi connectivity index (χ4v) is 3.64. The summed E-state index contributed by atoms with van der Waals surface area (Å²) in [6.45, 7) is 3.03. The number of amidine groups is 1. The van der Waals surface area contributed by atoms with Crippen molar-refractivity contribution < 1.29 is 4.74 Å². The van der Waals surface area contributed by atoms with Gasteiger partial charge in [0.05, 0.1) is 7.11 Å². The molecule has 1 rings (SSSR count). The smallest absolute Gasteiger partial charge is 0.153 e. The van der Waals surface area contributed by atoms with Crippen molar-refractivity contribution in [3.8, 4) is 5.75 Å². The fourth-order valence-electron chi connectivity index (χ4n) is 2.90. The molecular formula is C22H39BrN2OS. The number of halogens is 1. The highest BCUT2D eigenvalue weighted by Crippen LogP contribution is 2.13. The summed E-state index contributed by atoms with van der Waals surface area (Å²) in [6.07, 6.45) is 14.7. The summed E-state index contributed by atoms with van der Waals surface area (Å²) in [5.41, 5.74) is 7.26. The van der Waals surface area contributed by atoms with E-state index in [2.05, 4.69) is 24.0 Å². The zero-order valence-electron chi connectivity index (χ0n) is 17.3. The summed E-state index contributed by atoms with van der Waals surface area (Å²) < 4.78 is 5.17. The predicted octanol–water partition coefficient (Wildman–Crippen LogP) is 6.78. The van der Waals surface area contributed by atoms with Crippen LogP contribution in [0, 0.1) is 0 Å². The lowest BCUT2D eigenvalue weighted by atomic mass is 10.1. The largest absolute Gasteiger partial charge is 0.497 e. The molecule has 0 bridgehead atoms. The third-order valence-corrected chi connectivity index (χ3v) is 5.49. The molecule has 0 atom stereocenters. The van der Waals surface area contributed by atoms with Gasteiger partial charge in [-0.2, -0.15) is 0 Å². The van der Waals surface area contributed by atoms with Gasteiger partial charge in [-0.1, -0.05) is 88.6 Å². The van der Waals surface area contributed by atoms with Gasteiger partial charge in [0.2, 0.25) is 0 Å². The lowest BCUT2D eigenvalue weighted by Crippen LogP contribution is -2.09. The molecule has 0 aliphatic carbocycles. The summed E-state index contributed by atoms with van der Waals surface area (Å²) in [4.78, 5) is 4.47. The van der Waals surface area contributed by atoms with Crippen molar-refractivity contribution >= 4 is 33.9 Å². The van der Waals surface area contributed by atoms with E-state index in [1.165, 1.54) is 69.8 Å². The summed E-state index contributed by atoms with van der Waals surface area (Å²) in [5.74, 6) is 1.98. The number of hydrogen-bond donors (Lipinski definition) is 1. The van der Waals surface area contributed by atoms with Crippen molar-refractivity contribution in [2.24, 2.45) is 10.7 Å². The van der Waals surface area contributed by atoms with Gasteiger partial charge in [0.25, 0.3) is 0 Å². The van der Waals surface area contributed by atoms with Crippen molar-refractivity contribution in [1.82, 2.24) is 0 Å². The molecule has 27 heavy (non-hydrogen) atoms. The number of ether oxygens (including phenoxy) is 1. The number of nitrogens with zero attached hydrogens (tertiary/aromatic N) is 1. The highest BCUT2D eigenvalue weighted by Gasteiger charge is 1.97. The Bertz CT molecular complexity index is 480. The van der Waals surface area contributed by atoms with Crippen molar-refractivity contribution in [1.29, 1.82) is 0 Å². The lowest BCUT2D eigenvalue weighted by Gasteiger charge is -2.04. The highest BCUT2D eigenvalue weighted by molar-refractivity contribution is 8.93. The van der Waals surface area contributed by atoms with Gasteiger partial charge in [-0.15, -0.1) is 17.0 Å². The van der Waals surface area contributed by atoms with Crippen molar-refractivity contribution in [2.75, 3.05) is 19.4 Å². The van der Waals surface area contributed by atoms with E-state index in [1.807, 2.05) is 12.1 Å². The van der Waals surface area contributed by atoms with E-state index in [1.54, 1.807) is 18.9 Å². The number of benzene rings is 1. The van der Waals surface area contributed by atoms with E-state index in [0.29, 0.717) is 0 Å². The number of unbranched alkanes of at least 4 members (excludes halogenated alkanes) is 9. The summed E-state index contributed by atoms with van der Waals surface area (Å²) >= 11 is 1.70. The Hall–Kier alpha value is -0.680. The van der Waals surface area contributed by atoms with Crippen LogP contribution in [0.25, 0.3) is 0 Å². The van der Waals surface area contributed by atoms with Crippen molar-refractivity contribution in [3.05, 3.63) is 29.8 Å². The molecule has 0 unspecified atom stereocenters. The van der Waals surface area contributed by atoms with Crippen LogP contribution in [0.5, 0.6) is 5.75 Å². The second kappa shape index (κ2) is 18.7. The number of hydrogen-bond acceptors (Lipinski definition) is 3. The molecule has 0 aliphatic rings. The Morgan fingerprint density at radius 3 is 2.04 bits per heavy atom. The van der Waals surface area contributed by atoms with Gasteiger partial charge in [0, 0.05) is 12.3 Å². The average Bonchev–Trinajstić information content (AvgIpc) is 2.66. The number of rotatable bonds is 15. The normalized spacial score (nSPS) is 11.3. The van der Waals surface area contributed by atoms with Crippen LogP contribution in [0.15, 0.2) is 29.3 Å². The topological polar surface area (TPSA) is 47.6 Å². The maximum absolute atomic E-state index is 6.00. The van der Waals surface area contributed by atoms with Crippen molar-refractivity contribution in [3.63, 3.8) is 0 Å². The molecule has 5 heteroatoms. The maximum atomic E-state index is 6.00. The number of methoxy groups -OCH3 is 1. The van der Waals surface area contributed by atoms with Gasteiger partial charge in [-0.3, -0.25) is 4.99 Å². The molecule has 1 aromatic rings. The molecule has 0 spiro atoms. The standard InChI is InChI=1S/C22H38N2OS.BrH/c1-3-4-5-6-7-8-9-10-11-12-19-26-22(23)24-18-17-20-13-15-21(25-2)16-14-20;/h13-16H,3-12,17-19H2,1-2H3,(H2,23,24);1H. The third kappa shape index (κ3) is 15.0. The molecule has 0 amide bonds. The molecule has 0 saturated carbocycles. The summed E-state index contributed by atoms with van der Waals surface area (Å²) in [7, 11) is 1.69. The monoisotopic (exact) mass is 458 g/mol. The van der Waals surface area contributed by atoms with Crippen LogP contribution in [0.1, 0.15) is 76.7 Å². The van der Waals surface area contributed by atoms with Crippen LogP contribution in [-0.4, -0.2) is 24.6 Å². The first-order chi connectivity index (χ1) is 12.8. The maximum Gasteiger partial charge on any atom is 0.153 e. The Balaban J connectivity index is 0.00000676. The van der Waals surface area contributed by atoms with Crippen LogP contribution in [0.4, 0.5) is 0 Å². The Morgan fingerprint density at radius 1 is 0.926 bits per heavy atom. The second-order valence-electron chi connectivity index (χ2n) is 6.85. The quantitative estimate of drug-likeness (QED) is 0.179. The zero-order valence-corrected chi connectivity index (χ0v) is 19.8. The second-order valence-corrected chi connectivity index (χ2v) is 7.96. The van der Waals surface area contributed by atoms with Crippen LogP contribution in [0.2, 0.25) is 0 Å². The minimum atomic E-state index is 0. The minimum Gasteiger partial charge on any atom is -0.497 e. The van der Waals surface area contributed by atoms with Gasteiger partial charge in [0.15, 0.2) is 5.17 Å². The predicted molar refractivity (Wildman–Crippen MR) is 128 cm³/mol. The minimum absolute atomic E-state index is 0. The van der Waals surface area contributed by atoms with Crippen molar-refractivity contribution in [2.45, 2.75) is 77.6 Å². The molecular weight excluding hydrogens is 420 g/mol. The molecule has 0 aliphatic heterocycles. The van der Waals surface area contributed by atoms with Gasteiger partial charge in [-0.25, -0.2) is 0 Å². The Labute approximate surface area is 181 Å². The van der Waals surface area contributed by atoms with E-state index in [0.717, 1.165) is 29.6 Å². The SMILES string of the molecule is Br.CCCCCCCCCCCCSC(N)=NCCc1ccc(OC)cc1. The third-order valence-electron chi connectivity index (χ3n) is 4.58. The molecule has 0 saturated heterocycles. The zero-order chi connectivity index (χ0) is 18.9. The summed E-state index contributed by atoms with van der Waals surface area (Å²) in [5, 5.41) is 0.731. The lowest BCUT2D eigenvalue weighted by molar-refractivity contribution is 0.414. The van der Waals surface area contributed by atoms with E-state index in [-0.39, 0.29) is 17.0 Å². The first kappa shape index (κ1) is 26.3. The molecule has 3 nitrogen and oxygen atoms in total. The molecule has 2 N–H and O–H groups in total. The first-order valence-corrected chi connectivity index (χ1v) is 11.3. The molecule has 0 radical (unpaired) electrons. The number of nitrogens with two attached hydrogens (primary N) is 1. The van der Waals surface area contributed by atoms with Gasteiger partial charge < -0.3 is 10.5 Å². The van der Waals surface area contributed by atoms with Crippen LogP contribution < -0.4 is 10.5 Å². The molecule has 0 heterocycles. The summed E-state index contributed by atoms with van der Waals surface area (Å²) in [6, 6.07) is 8.15. The molecule has 0 aromatic heterocycles. The molecule has 0 fully saturated rings. The van der Waals surface area contributed by atoms with Crippen LogP contribution in [0.3, 0.4) is 0 Å². The fraction of sp³-hybridized carbons (Fsp3) is 0.682. The highest BCUT2D eigenvalue weighted by atomic mass is 79.9. The Morgan fingerprint density at radius 2 is 1.48 bits per heavy atom. The van der Waals surface area contributed by atoms with Crippen LogP contribution in [-0.2, 0) is 6.42 Å². The van der Waals surface area contributed by atoms with E-state index in [9.17, 15) is 0 Å². The van der Waals surface area contributed by atoms with Gasteiger partial charge in [-0.05, 0) is 30.5 Å². The first-order valence-electron chi connectivity index (χ1n) is 10.3. The number of aliphatic imine (C=N–C) groups is 1. The molecule has 1 aromatic carbocycles. The van der Waals surface area contributed by atoms with Gasteiger partial charge in [0.1, 0.15) is 5.75 Å². The Kier molecular flexibility index (Phi) is 18.2. The van der Waals surface area contributed by atoms with E-state index >= 15 is 0 Å². The number of thioether (sulfide) groups is 1. The average molecular weight is 460 g/mol.